The highest BCUT2D eigenvalue weighted by Gasteiger charge is 2.32. The van der Waals surface area contributed by atoms with Crippen molar-refractivity contribution in [3.05, 3.63) is 66.6 Å². The fourth-order valence-corrected chi connectivity index (χ4v) is 5.01. The number of para-hydroxylation sites is 1. The van der Waals surface area contributed by atoms with Crippen LogP contribution in [0.25, 0.3) is 16.9 Å². The second-order valence-electron chi connectivity index (χ2n) is 9.22. The molecule has 2 aromatic heterocycles. The molecule has 0 atom stereocenters. The largest absolute Gasteiger partial charge is 0.342 e. The molecule has 0 radical (unpaired) electrons. The molecule has 0 spiro atoms. The van der Waals surface area contributed by atoms with Crippen LogP contribution in [0.5, 0.6) is 0 Å². The van der Waals surface area contributed by atoms with Crippen molar-refractivity contribution in [3.8, 4) is 16.9 Å². The minimum Gasteiger partial charge on any atom is -0.342 e. The van der Waals surface area contributed by atoms with Crippen LogP contribution in [-0.2, 0) is 4.79 Å². The number of rotatable bonds is 4. The minimum absolute atomic E-state index is 0.0204. The van der Waals surface area contributed by atoms with E-state index in [9.17, 15) is 9.59 Å². The maximum absolute atomic E-state index is 13.6. The normalized spacial score (nSPS) is 17.4. The maximum atomic E-state index is 13.6. The molecule has 34 heavy (non-hydrogen) atoms. The number of amides is 2. The van der Waals surface area contributed by atoms with Gasteiger partial charge in [0.1, 0.15) is 5.69 Å². The summed E-state index contributed by atoms with van der Waals surface area (Å²) < 4.78 is 1.76. The zero-order valence-electron chi connectivity index (χ0n) is 19.5. The lowest BCUT2D eigenvalue weighted by Crippen LogP contribution is -2.44. The van der Waals surface area contributed by atoms with Crippen LogP contribution < -0.4 is 0 Å². The molecule has 2 aliphatic rings. The topological polar surface area (TPSA) is 71.3 Å². The third-order valence-corrected chi connectivity index (χ3v) is 6.95. The van der Waals surface area contributed by atoms with Crippen molar-refractivity contribution in [2.75, 3.05) is 26.2 Å². The van der Waals surface area contributed by atoms with Crippen molar-refractivity contribution < 1.29 is 9.59 Å². The molecule has 176 valence electrons. The number of aromatic nitrogens is 3. The van der Waals surface area contributed by atoms with E-state index >= 15 is 0 Å². The Morgan fingerprint density at radius 2 is 1.56 bits per heavy atom. The summed E-state index contributed by atoms with van der Waals surface area (Å²) in [6.45, 7) is 2.94. The summed E-state index contributed by atoms with van der Waals surface area (Å²) in [5.41, 5.74) is 2.90. The number of nitrogens with zero attached hydrogens (tertiary/aromatic N) is 5. The molecule has 2 amide bonds. The lowest BCUT2D eigenvalue weighted by molar-refractivity contribution is -0.136. The molecule has 7 nitrogen and oxygen atoms in total. The molecule has 1 aromatic carbocycles. The smallest absolute Gasteiger partial charge is 0.257 e. The summed E-state index contributed by atoms with van der Waals surface area (Å²) in [7, 11) is 0. The monoisotopic (exact) mass is 457 g/mol. The third kappa shape index (κ3) is 4.74. The van der Waals surface area contributed by atoms with Gasteiger partial charge in [-0.2, -0.15) is 5.10 Å². The van der Waals surface area contributed by atoms with Gasteiger partial charge in [0.25, 0.3) is 5.91 Å². The fraction of sp³-hybridized carbons (Fsp3) is 0.407. The Balaban J connectivity index is 1.33. The van der Waals surface area contributed by atoms with Gasteiger partial charge in [-0.25, -0.2) is 4.68 Å². The van der Waals surface area contributed by atoms with Crippen LogP contribution in [0.4, 0.5) is 0 Å². The summed E-state index contributed by atoms with van der Waals surface area (Å²) in [6, 6.07) is 13.6. The van der Waals surface area contributed by atoms with E-state index in [-0.39, 0.29) is 17.7 Å². The van der Waals surface area contributed by atoms with E-state index in [1.807, 2.05) is 53.6 Å². The summed E-state index contributed by atoms with van der Waals surface area (Å²) in [5, 5.41) is 4.75. The Labute approximate surface area is 200 Å². The van der Waals surface area contributed by atoms with Gasteiger partial charge in [-0.15, -0.1) is 0 Å². The zero-order chi connectivity index (χ0) is 23.3. The van der Waals surface area contributed by atoms with E-state index in [1.54, 1.807) is 17.1 Å². The maximum Gasteiger partial charge on any atom is 0.257 e. The van der Waals surface area contributed by atoms with E-state index in [1.165, 1.54) is 12.8 Å². The molecule has 3 aromatic rings. The van der Waals surface area contributed by atoms with Crippen LogP contribution >= 0.6 is 0 Å². The van der Waals surface area contributed by atoms with E-state index < -0.39 is 0 Å². The summed E-state index contributed by atoms with van der Waals surface area (Å²) >= 11 is 0. The summed E-state index contributed by atoms with van der Waals surface area (Å²) in [5.74, 6) is 0.260. The van der Waals surface area contributed by atoms with Crippen LogP contribution in [0.3, 0.4) is 0 Å². The zero-order valence-corrected chi connectivity index (χ0v) is 19.5. The number of pyridine rings is 1. The Kier molecular flexibility index (Phi) is 6.70. The van der Waals surface area contributed by atoms with Crippen LogP contribution in [0, 0.1) is 5.92 Å². The van der Waals surface area contributed by atoms with Gasteiger partial charge < -0.3 is 9.80 Å². The highest BCUT2D eigenvalue weighted by atomic mass is 16.2. The van der Waals surface area contributed by atoms with Crippen LogP contribution in [-0.4, -0.2) is 62.6 Å². The Bertz CT molecular complexity index is 1110. The lowest BCUT2D eigenvalue weighted by Gasteiger charge is -2.34. The van der Waals surface area contributed by atoms with Crippen LogP contribution in [0.2, 0.25) is 0 Å². The molecule has 7 heteroatoms. The molecule has 0 aliphatic carbocycles. The van der Waals surface area contributed by atoms with E-state index in [0.29, 0.717) is 24.3 Å². The van der Waals surface area contributed by atoms with Crippen LogP contribution in [0.1, 0.15) is 48.9 Å². The molecule has 4 heterocycles. The Morgan fingerprint density at radius 1 is 0.824 bits per heavy atom. The molecular formula is C27H31N5O2. The number of hydrogen-bond acceptors (Lipinski definition) is 4. The van der Waals surface area contributed by atoms with E-state index in [0.717, 1.165) is 50.0 Å². The van der Waals surface area contributed by atoms with Gasteiger partial charge in [0, 0.05) is 56.3 Å². The van der Waals surface area contributed by atoms with Gasteiger partial charge in [0.2, 0.25) is 5.91 Å². The first kappa shape index (κ1) is 22.3. The lowest BCUT2D eigenvalue weighted by atomic mass is 9.94. The van der Waals surface area contributed by atoms with Gasteiger partial charge >= 0.3 is 0 Å². The molecule has 0 bridgehead atoms. The van der Waals surface area contributed by atoms with Gasteiger partial charge in [-0.05, 0) is 49.9 Å². The number of carbonyl (C=O) groups is 2. The van der Waals surface area contributed by atoms with Crippen molar-refractivity contribution in [1.82, 2.24) is 24.6 Å². The number of hydrogen-bond donors (Lipinski definition) is 0. The van der Waals surface area contributed by atoms with Crippen molar-refractivity contribution in [3.63, 3.8) is 0 Å². The van der Waals surface area contributed by atoms with Crippen LogP contribution in [0.15, 0.2) is 61.1 Å². The highest BCUT2D eigenvalue weighted by Crippen LogP contribution is 2.27. The quantitative estimate of drug-likeness (QED) is 0.589. The second kappa shape index (κ2) is 10.2. The first-order valence-electron chi connectivity index (χ1n) is 12.3. The highest BCUT2D eigenvalue weighted by molar-refractivity contribution is 6.00. The molecular weight excluding hydrogens is 426 g/mol. The fourth-order valence-electron chi connectivity index (χ4n) is 5.01. The minimum atomic E-state index is -0.0401. The predicted molar refractivity (Wildman–Crippen MR) is 130 cm³/mol. The molecule has 0 saturated carbocycles. The molecule has 0 N–H and O–H groups in total. The molecule has 2 fully saturated rings. The first-order chi connectivity index (χ1) is 16.7. The third-order valence-electron chi connectivity index (χ3n) is 6.95. The summed E-state index contributed by atoms with van der Waals surface area (Å²) in [4.78, 5) is 34.8. The van der Waals surface area contributed by atoms with Gasteiger partial charge in [0.05, 0.1) is 11.3 Å². The van der Waals surface area contributed by atoms with Gasteiger partial charge in [-0.1, -0.05) is 31.0 Å². The summed E-state index contributed by atoms with van der Waals surface area (Å²) in [6.07, 6.45) is 11.3. The average molecular weight is 458 g/mol. The first-order valence-corrected chi connectivity index (χ1v) is 12.3. The average Bonchev–Trinajstić information content (AvgIpc) is 3.17. The van der Waals surface area contributed by atoms with Crippen molar-refractivity contribution in [1.29, 1.82) is 0 Å². The Morgan fingerprint density at radius 3 is 2.24 bits per heavy atom. The molecule has 0 unspecified atom stereocenters. The predicted octanol–water partition coefficient (Wildman–Crippen LogP) is 4.19. The SMILES string of the molecule is O=C(c1cn(-c2ccccc2)nc1-c1cccnc1)N1CCC(C(=O)N2CCCCCC2)CC1. The number of piperidine rings is 1. The van der Waals surface area contributed by atoms with Crippen molar-refractivity contribution in [2.45, 2.75) is 38.5 Å². The van der Waals surface area contributed by atoms with Gasteiger partial charge in [0.15, 0.2) is 0 Å². The number of carbonyl (C=O) groups excluding carboxylic acids is 2. The van der Waals surface area contributed by atoms with E-state index in [2.05, 4.69) is 9.88 Å². The standard InChI is InChI=1S/C27H31N5O2/c33-26(30-15-6-1-2-7-16-30)21-12-17-31(18-13-21)27(34)24-20-32(23-10-4-3-5-11-23)29-25(24)22-9-8-14-28-19-22/h3-5,8-11,14,19-21H,1-2,6-7,12-13,15-18H2. The van der Waals surface area contributed by atoms with Gasteiger partial charge in [-0.3, -0.25) is 14.6 Å². The number of benzene rings is 1. The molecule has 5 rings (SSSR count). The van der Waals surface area contributed by atoms with E-state index in [4.69, 9.17) is 5.10 Å². The second-order valence-corrected chi connectivity index (χ2v) is 9.22. The number of likely N-dealkylation sites (tertiary alicyclic amines) is 2. The molecule has 2 saturated heterocycles. The van der Waals surface area contributed by atoms with Crippen molar-refractivity contribution >= 4 is 11.8 Å². The Hall–Kier alpha value is -3.48. The molecule has 2 aliphatic heterocycles. The van der Waals surface area contributed by atoms with Crippen molar-refractivity contribution in [2.24, 2.45) is 5.92 Å².